The van der Waals surface area contributed by atoms with Gasteiger partial charge in [-0.05, 0) is 71.1 Å². The highest BCUT2D eigenvalue weighted by molar-refractivity contribution is 7.26. The SMILES string of the molecule is c1ccc2c(c1)ccc1c2oc2cccc(N(c3ccc(-c4ccc5c(c4)sc4ccccc45)cc3)c3cccc4c3sc3ccccc34)c21. The lowest BCUT2D eigenvalue weighted by atomic mass is 10.0. The van der Waals surface area contributed by atoms with Gasteiger partial charge in [0.05, 0.1) is 21.5 Å². The molecule has 0 aliphatic rings. The van der Waals surface area contributed by atoms with Gasteiger partial charge in [-0.15, -0.1) is 22.7 Å². The number of anilines is 3. The number of fused-ring (bicyclic) bond motifs is 11. The minimum absolute atomic E-state index is 0.885. The monoisotopic (exact) mass is 673 g/mol. The fourth-order valence-electron chi connectivity index (χ4n) is 7.75. The third kappa shape index (κ3) is 4.13. The van der Waals surface area contributed by atoms with E-state index in [0.29, 0.717) is 0 Å². The van der Waals surface area contributed by atoms with Gasteiger partial charge in [-0.1, -0.05) is 109 Å². The Morgan fingerprint density at radius 1 is 0.420 bits per heavy atom. The predicted octanol–water partition coefficient (Wildman–Crippen LogP) is 14.6. The Hall–Kier alpha value is -5.94. The van der Waals surface area contributed by atoms with E-state index in [1.165, 1.54) is 56.9 Å². The van der Waals surface area contributed by atoms with Crippen molar-refractivity contribution in [1.29, 1.82) is 0 Å². The largest absolute Gasteiger partial charge is 0.455 e. The zero-order valence-electron chi connectivity index (χ0n) is 26.8. The summed E-state index contributed by atoms with van der Waals surface area (Å²) in [5.41, 5.74) is 7.60. The van der Waals surface area contributed by atoms with Crippen LogP contribution >= 0.6 is 22.7 Å². The molecule has 3 heterocycles. The van der Waals surface area contributed by atoms with Crippen molar-refractivity contribution in [3.05, 3.63) is 164 Å². The maximum absolute atomic E-state index is 6.67. The van der Waals surface area contributed by atoms with Gasteiger partial charge in [0.25, 0.3) is 0 Å². The Labute approximate surface area is 295 Å². The van der Waals surface area contributed by atoms with Crippen LogP contribution in [-0.2, 0) is 0 Å². The highest BCUT2D eigenvalue weighted by atomic mass is 32.1. The Morgan fingerprint density at radius 3 is 1.92 bits per heavy atom. The number of benzene rings is 8. The van der Waals surface area contributed by atoms with Crippen LogP contribution in [0.1, 0.15) is 0 Å². The number of rotatable bonds is 4. The van der Waals surface area contributed by atoms with E-state index < -0.39 is 0 Å². The molecular weight excluding hydrogens is 647 g/mol. The molecule has 0 saturated heterocycles. The second-order valence-corrected chi connectivity index (χ2v) is 15.0. The summed E-state index contributed by atoms with van der Waals surface area (Å²) in [5, 5.41) is 9.76. The molecular formula is C46H27NOS2. The molecule has 0 fully saturated rings. The van der Waals surface area contributed by atoms with Gasteiger partial charge in [0.2, 0.25) is 0 Å². The van der Waals surface area contributed by atoms with Crippen molar-refractivity contribution in [2.45, 2.75) is 0 Å². The summed E-state index contributed by atoms with van der Waals surface area (Å²) in [6.45, 7) is 0. The molecule has 8 aromatic carbocycles. The van der Waals surface area contributed by atoms with Crippen molar-refractivity contribution in [2.24, 2.45) is 0 Å². The van der Waals surface area contributed by atoms with Crippen LogP contribution in [0.25, 0.3) is 84.2 Å². The van der Waals surface area contributed by atoms with Gasteiger partial charge in [-0.2, -0.15) is 0 Å². The van der Waals surface area contributed by atoms with E-state index in [9.17, 15) is 0 Å². The molecule has 50 heavy (non-hydrogen) atoms. The van der Waals surface area contributed by atoms with Crippen LogP contribution < -0.4 is 4.90 Å². The van der Waals surface area contributed by atoms with Crippen molar-refractivity contribution in [3.63, 3.8) is 0 Å². The van der Waals surface area contributed by atoms with Gasteiger partial charge in [0.15, 0.2) is 0 Å². The smallest absolute Gasteiger partial charge is 0.143 e. The molecule has 234 valence electrons. The van der Waals surface area contributed by atoms with Crippen LogP contribution in [0, 0.1) is 0 Å². The molecule has 2 nitrogen and oxygen atoms in total. The van der Waals surface area contributed by atoms with Crippen molar-refractivity contribution < 1.29 is 4.42 Å². The van der Waals surface area contributed by atoms with Gasteiger partial charge in [-0.25, -0.2) is 0 Å². The molecule has 0 amide bonds. The maximum Gasteiger partial charge on any atom is 0.143 e. The molecule has 11 aromatic rings. The van der Waals surface area contributed by atoms with Gasteiger partial charge >= 0.3 is 0 Å². The Bertz CT molecular complexity index is 3110. The lowest BCUT2D eigenvalue weighted by Gasteiger charge is -2.27. The molecule has 0 bridgehead atoms. The van der Waals surface area contributed by atoms with E-state index >= 15 is 0 Å². The lowest BCUT2D eigenvalue weighted by Crippen LogP contribution is -2.10. The molecule has 0 radical (unpaired) electrons. The van der Waals surface area contributed by atoms with Gasteiger partial charge < -0.3 is 9.32 Å². The van der Waals surface area contributed by atoms with Crippen molar-refractivity contribution in [2.75, 3.05) is 4.90 Å². The predicted molar refractivity (Wildman–Crippen MR) is 217 cm³/mol. The van der Waals surface area contributed by atoms with Crippen LogP contribution in [0.2, 0.25) is 0 Å². The summed E-state index contributed by atoms with van der Waals surface area (Å²) < 4.78 is 11.9. The third-order valence-electron chi connectivity index (χ3n) is 10.1. The average Bonchev–Trinajstić information content (AvgIpc) is 3.87. The quantitative estimate of drug-likeness (QED) is 0.185. The highest BCUT2D eigenvalue weighted by Crippen LogP contribution is 2.48. The molecule has 0 aliphatic heterocycles. The van der Waals surface area contributed by atoms with E-state index in [2.05, 4.69) is 169 Å². The molecule has 3 aromatic heterocycles. The topological polar surface area (TPSA) is 16.4 Å². The van der Waals surface area contributed by atoms with E-state index in [1.54, 1.807) is 0 Å². The number of hydrogen-bond donors (Lipinski definition) is 0. The maximum atomic E-state index is 6.67. The summed E-state index contributed by atoms with van der Waals surface area (Å²) >= 11 is 3.72. The van der Waals surface area contributed by atoms with Crippen molar-refractivity contribution in [1.82, 2.24) is 0 Å². The first-order valence-electron chi connectivity index (χ1n) is 16.8. The molecule has 0 N–H and O–H groups in total. The van der Waals surface area contributed by atoms with E-state index in [4.69, 9.17) is 4.42 Å². The molecule has 0 spiro atoms. The zero-order valence-corrected chi connectivity index (χ0v) is 28.4. The number of nitrogens with zero attached hydrogens (tertiary/aromatic N) is 1. The molecule has 4 heteroatoms. The lowest BCUT2D eigenvalue weighted by molar-refractivity contribution is 0.672. The summed E-state index contributed by atoms with van der Waals surface area (Å²) in [4.78, 5) is 2.43. The van der Waals surface area contributed by atoms with Crippen molar-refractivity contribution in [3.8, 4) is 11.1 Å². The first kappa shape index (κ1) is 28.0. The Morgan fingerprint density at radius 2 is 1.06 bits per heavy atom. The van der Waals surface area contributed by atoms with Gasteiger partial charge in [0, 0.05) is 52.1 Å². The molecule has 0 aliphatic carbocycles. The Kier molecular flexibility index (Phi) is 6.03. The van der Waals surface area contributed by atoms with Crippen LogP contribution in [0.4, 0.5) is 17.1 Å². The minimum atomic E-state index is 0.885. The summed E-state index contributed by atoms with van der Waals surface area (Å²) in [6, 6.07) is 59.4. The van der Waals surface area contributed by atoms with E-state index in [1.807, 2.05) is 22.7 Å². The number of thiophene rings is 2. The van der Waals surface area contributed by atoms with E-state index in [-0.39, 0.29) is 0 Å². The van der Waals surface area contributed by atoms with E-state index in [0.717, 1.165) is 44.4 Å². The summed E-state index contributed by atoms with van der Waals surface area (Å²) in [7, 11) is 0. The molecule has 11 rings (SSSR count). The second kappa shape index (κ2) is 10.8. The Balaban J connectivity index is 1.13. The summed E-state index contributed by atoms with van der Waals surface area (Å²) in [5.74, 6) is 0. The molecule has 0 atom stereocenters. The highest BCUT2D eigenvalue weighted by Gasteiger charge is 2.23. The van der Waals surface area contributed by atoms with Crippen LogP contribution in [0.5, 0.6) is 0 Å². The molecule has 0 unspecified atom stereocenters. The third-order valence-corrected chi connectivity index (χ3v) is 12.4. The number of hydrogen-bond acceptors (Lipinski definition) is 4. The average molecular weight is 674 g/mol. The van der Waals surface area contributed by atoms with Gasteiger partial charge in [-0.3, -0.25) is 0 Å². The van der Waals surface area contributed by atoms with Crippen LogP contribution in [-0.4, -0.2) is 0 Å². The normalized spacial score (nSPS) is 12.0. The zero-order chi connectivity index (χ0) is 32.8. The standard InChI is InChI=1S/C46H27NOS2/c1-2-10-32-29(9-1)21-26-37-44-38(14-8-16-40(44)48-45(32)37)47(39-15-7-13-36-34-12-4-6-18-42(34)50-46(36)39)31-23-19-28(20-24-31)30-22-25-35-33-11-3-5-17-41(33)49-43(35)27-30/h1-27H. The summed E-state index contributed by atoms with van der Waals surface area (Å²) in [6.07, 6.45) is 0. The van der Waals surface area contributed by atoms with Crippen molar-refractivity contribution >= 4 is 113 Å². The van der Waals surface area contributed by atoms with Crippen LogP contribution in [0.3, 0.4) is 0 Å². The minimum Gasteiger partial charge on any atom is -0.455 e. The fourth-order valence-corrected chi connectivity index (χ4v) is 10.1. The first-order chi connectivity index (χ1) is 24.8. The van der Waals surface area contributed by atoms with Crippen LogP contribution in [0.15, 0.2) is 168 Å². The second-order valence-electron chi connectivity index (χ2n) is 12.9. The first-order valence-corrected chi connectivity index (χ1v) is 18.5. The molecule has 0 saturated carbocycles. The number of furan rings is 1. The van der Waals surface area contributed by atoms with Gasteiger partial charge in [0.1, 0.15) is 11.2 Å². The fraction of sp³-hybridized carbons (Fsp3) is 0.